The molecular formula is C35H39N3O4S. The number of hydrogen-bond donors (Lipinski definition) is 1. The average Bonchev–Trinajstić information content (AvgIpc) is 3.05. The molecule has 0 unspecified atom stereocenters. The Kier molecular flexibility index (Phi) is 10.3. The van der Waals surface area contributed by atoms with Crippen molar-refractivity contribution in [2.24, 2.45) is 0 Å². The van der Waals surface area contributed by atoms with Crippen molar-refractivity contribution in [2.45, 2.75) is 37.1 Å². The van der Waals surface area contributed by atoms with Gasteiger partial charge in [0.1, 0.15) is 5.75 Å². The summed E-state index contributed by atoms with van der Waals surface area (Å²) in [6, 6.07) is 34.3. The van der Waals surface area contributed by atoms with Gasteiger partial charge in [-0.3, -0.25) is 9.69 Å². The molecule has 0 aliphatic carbocycles. The number of nitrogens with one attached hydrogen (secondary N) is 1. The molecule has 1 heterocycles. The van der Waals surface area contributed by atoms with Crippen LogP contribution < -0.4 is 10.1 Å². The first-order chi connectivity index (χ1) is 21.0. The lowest BCUT2D eigenvalue weighted by molar-refractivity contribution is 0.102. The van der Waals surface area contributed by atoms with E-state index in [9.17, 15) is 13.2 Å². The Hall–Kier alpha value is -3.98. The number of anilines is 1. The van der Waals surface area contributed by atoms with Crippen LogP contribution in [0.25, 0.3) is 0 Å². The summed E-state index contributed by atoms with van der Waals surface area (Å²) in [5.41, 5.74) is 3.34. The van der Waals surface area contributed by atoms with Crippen LogP contribution in [0.3, 0.4) is 0 Å². The van der Waals surface area contributed by atoms with Crippen LogP contribution >= 0.6 is 0 Å². The highest BCUT2D eigenvalue weighted by molar-refractivity contribution is 7.89. The summed E-state index contributed by atoms with van der Waals surface area (Å²) in [7, 11) is -3.69. The van der Waals surface area contributed by atoms with Crippen LogP contribution in [0.5, 0.6) is 5.75 Å². The van der Waals surface area contributed by atoms with Crippen LogP contribution in [0.15, 0.2) is 114 Å². The topological polar surface area (TPSA) is 78.9 Å². The summed E-state index contributed by atoms with van der Waals surface area (Å²) in [6.45, 7) is 4.70. The minimum absolute atomic E-state index is 0.0574. The van der Waals surface area contributed by atoms with Gasteiger partial charge in [0.15, 0.2) is 0 Å². The number of sulfonamides is 1. The second-order valence-corrected chi connectivity index (χ2v) is 12.6. The smallest absolute Gasteiger partial charge is 0.259 e. The van der Waals surface area contributed by atoms with Crippen LogP contribution in [0.4, 0.5) is 5.69 Å². The number of rotatable bonds is 12. The quantitative estimate of drug-likeness (QED) is 0.186. The van der Waals surface area contributed by atoms with Gasteiger partial charge in [0.05, 0.1) is 23.1 Å². The molecule has 7 nitrogen and oxygen atoms in total. The maximum absolute atomic E-state index is 13.6. The fourth-order valence-electron chi connectivity index (χ4n) is 5.46. The Morgan fingerprint density at radius 3 is 1.95 bits per heavy atom. The number of carbonyl (C=O) groups excluding carboxylic acids is 1. The van der Waals surface area contributed by atoms with Crippen molar-refractivity contribution in [2.75, 3.05) is 38.1 Å². The molecule has 1 amide bonds. The third kappa shape index (κ3) is 7.51. The van der Waals surface area contributed by atoms with E-state index >= 15 is 0 Å². The number of piperazine rings is 1. The number of unbranched alkanes of at least 4 members (excludes halogenated alkanes) is 2. The highest BCUT2D eigenvalue weighted by atomic mass is 32.2. The molecule has 1 N–H and O–H groups in total. The van der Waals surface area contributed by atoms with Crippen molar-refractivity contribution >= 4 is 21.6 Å². The molecule has 0 spiro atoms. The maximum Gasteiger partial charge on any atom is 0.259 e. The highest BCUT2D eigenvalue weighted by Crippen LogP contribution is 2.31. The molecule has 43 heavy (non-hydrogen) atoms. The summed E-state index contributed by atoms with van der Waals surface area (Å²) in [5, 5.41) is 2.87. The minimum atomic E-state index is -3.69. The second kappa shape index (κ2) is 14.5. The lowest BCUT2D eigenvalue weighted by Crippen LogP contribution is -2.49. The van der Waals surface area contributed by atoms with Gasteiger partial charge >= 0.3 is 0 Å². The van der Waals surface area contributed by atoms with Gasteiger partial charge in [-0.25, -0.2) is 8.42 Å². The first-order valence-electron chi connectivity index (χ1n) is 14.9. The van der Waals surface area contributed by atoms with E-state index in [0.29, 0.717) is 49.8 Å². The molecule has 0 bridgehead atoms. The number of amides is 1. The molecule has 224 valence electrons. The van der Waals surface area contributed by atoms with Gasteiger partial charge < -0.3 is 10.1 Å². The van der Waals surface area contributed by atoms with Crippen LogP contribution in [0.2, 0.25) is 0 Å². The maximum atomic E-state index is 13.6. The molecule has 1 aliphatic heterocycles. The molecule has 4 aromatic rings. The van der Waals surface area contributed by atoms with Crippen molar-refractivity contribution in [3.63, 3.8) is 0 Å². The zero-order chi connectivity index (χ0) is 30.1. The minimum Gasteiger partial charge on any atom is -0.493 e. The van der Waals surface area contributed by atoms with Crippen LogP contribution in [-0.2, 0) is 10.0 Å². The number of benzene rings is 4. The van der Waals surface area contributed by atoms with Crippen LogP contribution in [0.1, 0.15) is 53.7 Å². The Balaban J connectivity index is 1.22. The predicted molar refractivity (Wildman–Crippen MR) is 171 cm³/mol. The Morgan fingerprint density at radius 2 is 1.35 bits per heavy atom. The molecule has 1 fully saturated rings. The van der Waals surface area contributed by atoms with Gasteiger partial charge in [-0.1, -0.05) is 92.6 Å². The molecule has 8 heteroatoms. The molecule has 5 rings (SSSR count). The Morgan fingerprint density at radius 1 is 0.767 bits per heavy atom. The first kappa shape index (κ1) is 30.5. The summed E-state index contributed by atoms with van der Waals surface area (Å²) >= 11 is 0. The molecule has 4 aromatic carbocycles. The Bertz CT molecular complexity index is 1530. The van der Waals surface area contributed by atoms with E-state index < -0.39 is 10.0 Å². The van der Waals surface area contributed by atoms with E-state index in [0.717, 1.165) is 19.3 Å². The third-order valence-corrected chi connectivity index (χ3v) is 9.67. The summed E-state index contributed by atoms with van der Waals surface area (Å²) in [4.78, 5) is 15.6. The molecule has 0 aromatic heterocycles. The predicted octanol–water partition coefficient (Wildman–Crippen LogP) is 6.60. The van der Waals surface area contributed by atoms with E-state index in [4.69, 9.17) is 4.74 Å². The van der Waals surface area contributed by atoms with E-state index in [2.05, 4.69) is 41.4 Å². The number of carbonyl (C=O) groups is 1. The molecule has 0 atom stereocenters. The summed E-state index contributed by atoms with van der Waals surface area (Å²) in [5.74, 6) is 0.236. The first-order valence-corrected chi connectivity index (χ1v) is 16.4. The standard InChI is InChI=1S/C35H39N3O4S/c1-2-3-12-27-42-33-18-11-10-17-32(33)35(39)36-30-19-21-31(22-20-30)43(40,41)38-25-23-37(24-26-38)34(28-13-6-4-7-14-28)29-15-8-5-9-16-29/h4-11,13-22,34H,2-3,12,23-27H2,1H3,(H,36,39). The number of para-hydroxylation sites is 1. The van der Waals surface area contributed by atoms with Crippen molar-refractivity contribution < 1.29 is 17.9 Å². The third-order valence-electron chi connectivity index (χ3n) is 7.76. The monoisotopic (exact) mass is 597 g/mol. The van der Waals surface area contributed by atoms with Gasteiger partial charge in [-0.15, -0.1) is 0 Å². The largest absolute Gasteiger partial charge is 0.493 e. The molecule has 1 saturated heterocycles. The summed E-state index contributed by atoms with van der Waals surface area (Å²) in [6.07, 6.45) is 3.09. The van der Waals surface area contributed by atoms with Crippen molar-refractivity contribution in [3.05, 3.63) is 126 Å². The zero-order valence-electron chi connectivity index (χ0n) is 24.6. The van der Waals surface area contributed by atoms with Crippen molar-refractivity contribution in [1.29, 1.82) is 0 Å². The number of ether oxygens (including phenoxy) is 1. The lowest BCUT2D eigenvalue weighted by Gasteiger charge is -2.39. The van der Waals surface area contributed by atoms with Crippen molar-refractivity contribution in [3.8, 4) is 5.75 Å². The second-order valence-electron chi connectivity index (χ2n) is 10.7. The number of hydrogen-bond acceptors (Lipinski definition) is 5. The number of nitrogens with zero attached hydrogens (tertiary/aromatic N) is 2. The lowest BCUT2D eigenvalue weighted by atomic mass is 9.96. The highest BCUT2D eigenvalue weighted by Gasteiger charge is 2.32. The van der Waals surface area contributed by atoms with E-state index in [1.54, 1.807) is 46.8 Å². The van der Waals surface area contributed by atoms with Gasteiger partial charge in [0.25, 0.3) is 5.91 Å². The van der Waals surface area contributed by atoms with E-state index in [1.807, 2.05) is 42.5 Å². The molecule has 0 saturated carbocycles. The van der Waals surface area contributed by atoms with Gasteiger partial charge in [-0.05, 0) is 53.9 Å². The SMILES string of the molecule is CCCCCOc1ccccc1C(=O)Nc1ccc(S(=O)(=O)N2CCN(C(c3ccccc3)c3ccccc3)CC2)cc1. The van der Waals surface area contributed by atoms with E-state index in [1.165, 1.54) is 11.1 Å². The Labute approximate surface area is 255 Å². The zero-order valence-corrected chi connectivity index (χ0v) is 25.4. The van der Waals surface area contributed by atoms with Gasteiger partial charge in [-0.2, -0.15) is 4.31 Å². The summed E-state index contributed by atoms with van der Waals surface area (Å²) < 4.78 is 34.5. The van der Waals surface area contributed by atoms with Crippen LogP contribution in [0, 0.1) is 0 Å². The molecule has 0 radical (unpaired) electrons. The van der Waals surface area contributed by atoms with E-state index in [-0.39, 0.29) is 16.8 Å². The normalized spacial score (nSPS) is 14.5. The van der Waals surface area contributed by atoms with Crippen LogP contribution in [-0.4, -0.2) is 56.3 Å². The van der Waals surface area contributed by atoms with Crippen molar-refractivity contribution in [1.82, 2.24) is 9.21 Å². The fourth-order valence-corrected chi connectivity index (χ4v) is 6.88. The van der Waals surface area contributed by atoms with Gasteiger partial charge in [0, 0.05) is 31.9 Å². The molecular weight excluding hydrogens is 558 g/mol. The van der Waals surface area contributed by atoms with Gasteiger partial charge in [0.2, 0.25) is 10.0 Å². The average molecular weight is 598 g/mol. The fraction of sp³-hybridized carbons (Fsp3) is 0.286. The molecule has 1 aliphatic rings.